The van der Waals surface area contributed by atoms with Crippen molar-refractivity contribution in [2.24, 2.45) is 5.73 Å². The molecule has 1 aromatic carbocycles. The van der Waals surface area contributed by atoms with Gasteiger partial charge in [-0.25, -0.2) is 0 Å². The number of hydrogen-bond acceptors (Lipinski definition) is 5. The molecule has 0 spiro atoms. The Morgan fingerprint density at radius 1 is 1.23 bits per heavy atom. The molecule has 8 heteroatoms. The molecule has 0 radical (unpaired) electrons. The molecule has 22 heavy (non-hydrogen) atoms. The zero-order chi connectivity index (χ0) is 14.8. The highest BCUT2D eigenvalue weighted by atomic mass is 35.5. The van der Waals surface area contributed by atoms with Crippen LogP contribution in [0.25, 0.3) is 0 Å². The van der Waals surface area contributed by atoms with Crippen LogP contribution < -0.4 is 50.7 Å². The molecule has 0 aliphatic heterocycles. The summed E-state index contributed by atoms with van der Waals surface area (Å²) in [4.78, 5) is 10.7. The van der Waals surface area contributed by atoms with Crippen LogP contribution in [-0.2, 0) is 11.3 Å². The number of amides is 1. The maximum atomic E-state index is 10.7. The van der Waals surface area contributed by atoms with Crippen molar-refractivity contribution in [1.82, 2.24) is 10.6 Å². The molecule has 0 saturated heterocycles. The Bertz CT molecular complexity index is 434. The maximum absolute atomic E-state index is 10.7. The topological polar surface area (TPSA) is 85.6 Å². The number of methoxy groups -OCH3 is 1. The van der Waals surface area contributed by atoms with Gasteiger partial charge in [-0.05, 0) is 44.3 Å². The Balaban J connectivity index is 0. The van der Waals surface area contributed by atoms with E-state index in [9.17, 15) is 4.79 Å². The first kappa shape index (κ1) is 23.1. The van der Waals surface area contributed by atoms with Crippen molar-refractivity contribution in [2.45, 2.75) is 13.0 Å². The van der Waals surface area contributed by atoms with Crippen molar-refractivity contribution in [3.05, 3.63) is 23.8 Å². The minimum Gasteiger partial charge on any atom is -1.00 e. The Morgan fingerprint density at radius 2 is 1.95 bits per heavy atom. The van der Waals surface area contributed by atoms with E-state index in [1.165, 1.54) is 0 Å². The van der Waals surface area contributed by atoms with Gasteiger partial charge in [-0.15, -0.1) is 0 Å². The van der Waals surface area contributed by atoms with Gasteiger partial charge >= 0.3 is 0 Å². The summed E-state index contributed by atoms with van der Waals surface area (Å²) in [5.74, 6) is 0.605. The van der Waals surface area contributed by atoms with Gasteiger partial charge in [0, 0.05) is 6.54 Å². The van der Waals surface area contributed by atoms with E-state index >= 15 is 0 Å². The second kappa shape index (κ2) is 13.5. The summed E-state index contributed by atoms with van der Waals surface area (Å²) >= 11 is 0. The van der Waals surface area contributed by atoms with Crippen LogP contribution in [0.5, 0.6) is 11.5 Å². The zero-order valence-corrected chi connectivity index (χ0v) is 14.3. The molecule has 0 aliphatic carbocycles. The number of benzene rings is 1. The highest BCUT2D eigenvalue weighted by Crippen LogP contribution is 2.27. The van der Waals surface area contributed by atoms with Crippen LogP contribution in [0.15, 0.2) is 18.2 Å². The number of carbonyl (C=O) groups is 1. The summed E-state index contributed by atoms with van der Waals surface area (Å²) in [6.45, 7) is 2.55. The van der Waals surface area contributed by atoms with E-state index in [-0.39, 0.29) is 31.4 Å². The lowest BCUT2D eigenvalue weighted by Crippen LogP contribution is -3.00. The third-order valence-corrected chi connectivity index (χ3v) is 2.71. The molecule has 6 nitrogen and oxygen atoms in total. The molecule has 0 aliphatic rings. The van der Waals surface area contributed by atoms with Crippen LogP contribution in [0.2, 0.25) is 0 Å². The van der Waals surface area contributed by atoms with Crippen LogP contribution >= 0.6 is 0 Å². The Kier molecular flexibility index (Phi) is 14.1. The molecule has 1 amide bonds. The standard InChI is InChI=1S/C14H23N3O3.2ClH/c1-16-6-3-7-17-9-11-4-5-12(13(8-11)19-2)20-10-14(15)18;;/h4-5,8,16-17H,3,6-7,9-10H2,1-2H3,(H2,15,18);2*1H/p-2. The molecule has 0 atom stereocenters. The second-order valence-electron chi connectivity index (χ2n) is 4.37. The third kappa shape index (κ3) is 8.94. The molecule has 0 unspecified atom stereocenters. The van der Waals surface area contributed by atoms with Gasteiger partial charge in [-0.2, -0.15) is 0 Å². The van der Waals surface area contributed by atoms with Crippen molar-refractivity contribution in [2.75, 3.05) is 33.9 Å². The SMILES string of the molecule is CNCCCNCc1ccc(OCC(N)=O)c(OC)c1.[Cl-].[Cl-]. The molecule has 1 aromatic rings. The minimum absolute atomic E-state index is 0. The smallest absolute Gasteiger partial charge is 0.255 e. The van der Waals surface area contributed by atoms with E-state index in [0.717, 1.165) is 31.6 Å². The second-order valence-corrected chi connectivity index (χ2v) is 4.37. The quantitative estimate of drug-likeness (QED) is 0.366. The van der Waals surface area contributed by atoms with Gasteiger partial charge in [0.2, 0.25) is 0 Å². The Labute approximate surface area is 143 Å². The van der Waals surface area contributed by atoms with E-state index in [4.69, 9.17) is 15.2 Å². The van der Waals surface area contributed by atoms with Gasteiger partial charge in [0.15, 0.2) is 18.1 Å². The molecule has 0 heterocycles. The molecule has 0 bridgehead atoms. The Morgan fingerprint density at radius 3 is 2.55 bits per heavy atom. The number of rotatable bonds is 10. The van der Waals surface area contributed by atoms with E-state index in [0.29, 0.717) is 11.5 Å². The summed E-state index contributed by atoms with van der Waals surface area (Å²) in [6.07, 6.45) is 1.08. The summed E-state index contributed by atoms with van der Waals surface area (Å²) in [6, 6.07) is 5.61. The fourth-order valence-electron chi connectivity index (χ4n) is 1.71. The van der Waals surface area contributed by atoms with Crippen LogP contribution in [-0.4, -0.2) is 39.8 Å². The fraction of sp³-hybridized carbons (Fsp3) is 0.500. The lowest BCUT2D eigenvalue weighted by molar-refractivity contribution is -0.119. The number of primary amides is 1. The Hall–Kier alpha value is -1.21. The fourth-order valence-corrected chi connectivity index (χ4v) is 1.71. The van der Waals surface area contributed by atoms with Gasteiger partial charge in [-0.1, -0.05) is 6.07 Å². The molecule has 128 valence electrons. The monoisotopic (exact) mass is 351 g/mol. The van der Waals surface area contributed by atoms with Crippen molar-refractivity contribution in [3.63, 3.8) is 0 Å². The third-order valence-electron chi connectivity index (χ3n) is 2.71. The number of halogens is 2. The average Bonchev–Trinajstić information content (AvgIpc) is 2.45. The number of carbonyl (C=O) groups excluding carboxylic acids is 1. The molecule has 0 fully saturated rings. The predicted molar refractivity (Wildman–Crippen MR) is 77.9 cm³/mol. The summed E-state index contributed by atoms with van der Waals surface area (Å²) in [5, 5.41) is 6.45. The van der Waals surface area contributed by atoms with Crippen molar-refractivity contribution < 1.29 is 39.1 Å². The van der Waals surface area contributed by atoms with Gasteiger partial charge in [0.1, 0.15) is 0 Å². The average molecular weight is 352 g/mol. The van der Waals surface area contributed by atoms with E-state index in [2.05, 4.69) is 10.6 Å². The van der Waals surface area contributed by atoms with Crippen LogP contribution in [0.4, 0.5) is 0 Å². The lowest BCUT2D eigenvalue weighted by Gasteiger charge is -2.11. The number of ether oxygens (including phenoxy) is 2. The lowest BCUT2D eigenvalue weighted by atomic mass is 10.2. The maximum Gasteiger partial charge on any atom is 0.255 e. The van der Waals surface area contributed by atoms with Crippen LogP contribution in [0.1, 0.15) is 12.0 Å². The van der Waals surface area contributed by atoms with E-state index < -0.39 is 5.91 Å². The molecule has 4 N–H and O–H groups in total. The van der Waals surface area contributed by atoms with Gasteiger partial charge < -0.3 is 50.7 Å². The molecule has 0 saturated carbocycles. The largest absolute Gasteiger partial charge is 1.00 e. The van der Waals surface area contributed by atoms with Crippen molar-refractivity contribution >= 4 is 5.91 Å². The number of nitrogens with two attached hydrogens (primary N) is 1. The highest BCUT2D eigenvalue weighted by molar-refractivity contribution is 5.75. The molecule has 1 rings (SSSR count). The minimum atomic E-state index is -0.512. The number of hydrogen-bond donors (Lipinski definition) is 3. The van der Waals surface area contributed by atoms with Crippen LogP contribution in [0, 0.1) is 0 Å². The predicted octanol–water partition coefficient (Wildman–Crippen LogP) is -5.73. The first-order valence-corrected chi connectivity index (χ1v) is 6.60. The summed E-state index contributed by atoms with van der Waals surface area (Å²) < 4.78 is 10.5. The van der Waals surface area contributed by atoms with E-state index in [1.54, 1.807) is 13.2 Å². The molecular formula is C14H23Cl2N3O3-2. The van der Waals surface area contributed by atoms with Gasteiger partial charge in [0.25, 0.3) is 5.91 Å². The van der Waals surface area contributed by atoms with E-state index in [1.807, 2.05) is 19.2 Å². The van der Waals surface area contributed by atoms with Gasteiger partial charge in [-0.3, -0.25) is 4.79 Å². The van der Waals surface area contributed by atoms with Gasteiger partial charge in [0.05, 0.1) is 7.11 Å². The first-order chi connectivity index (χ1) is 9.67. The molecule has 0 aromatic heterocycles. The zero-order valence-electron chi connectivity index (χ0n) is 12.8. The van der Waals surface area contributed by atoms with Crippen molar-refractivity contribution in [1.29, 1.82) is 0 Å². The first-order valence-electron chi connectivity index (χ1n) is 6.60. The van der Waals surface area contributed by atoms with Crippen LogP contribution in [0.3, 0.4) is 0 Å². The molecular weight excluding hydrogens is 329 g/mol. The normalized spacial score (nSPS) is 9.36. The highest BCUT2D eigenvalue weighted by Gasteiger charge is 2.07. The summed E-state index contributed by atoms with van der Waals surface area (Å²) in [7, 11) is 3.51. The van der Waals surface area contributed by atoms with Crippen molar-refractivity contribution in [3.8, 4) is 11.5 Å². The summed E-state index contributed by atoms with van der Waals surface area (Å²) in [5.41, 5.74) is 6.14. The number of nitrogens with one attached hydrogen (secondary N) is 2.